The van der Waals surface area contributed by atoms with Crippen LogP contribution in [0.25, 0.3) is 11.3 Å². The van der Waals surface area contributed by atoms with Crippen molar-refractivity contribution in [1.29, 1.82) is 0 Å². The van der Waals surface area contributed by atoms with E-state index in [1.807, 2.05) is 0 Å². The Hall–Kier alpha value is -3.67. The summed E-state index contributed by atoms with van der Waals surface area (Å²) in [6.45, 7) is 4.40. The number of rotatable bonds is 9. The zero-order chi connectivity index (χ0) is 24.8. The molecule has 0 aliphatic rings. The molecule has 1 aromatic heterocycles. The van der Waals surface area contributed by atoms with Crippen molar-refractivity contribution in [2.45, 2.75) is 19.9 Å². The van der Waals surface area contributed by atoms with Gasteiger partial charge in [-0.2, -0.15) is 0 Å². The number of imidazole rings is 1. The number of ether oxygens (including phenoxy) is 2. The fourth-order valence-corrected chi connectivity index (χ4v) is 3.72. The van der Waals surface area contributed by atoms with Gasteiger partial charge in [-0.05, 0) is 48.4 Å². The first-order chi connectivity index (χ1) is 16.3. The summed E-state index contributed by atoms with van der Waals surface area (Å²) in [6, 6.07) is 10.6. The summed E-state index contributed by atoms with van der Waals surface area (Å²) in [7, 11) is 1.59. The highest BCUT2D eigenvalue weighted by Gasteiger charge is 2.30. The molecule has 1 heterocycles. The van der Waals surface area contributed by atoms with Crippen LogP contribution in [0, 0.1) is 18.3 Å². The number of H-pyrrole nitrogens is 1. The van der Waals surface area contributed by atoms with Gasteiger partial charge >= 0.3 is 5.69 Å². The molecule has 3 aromatic rings. The average molecular weight is 484 g/mol. The molecule has 34 heavy (non-hydrogen) atoms. The van der Waals surface area contributed by atoms with Gasteiger partial charge in [-0.25, -0.2) is 9.36 Å². The van der Waals surface area contributed by atoms with E-state index in [1.54, 1.807) is 63.4 Å². The summed E-state index contributed by atoms with van der Waals surface area (Å²) in [5.41, 5.74) is 1.06. The number of hydrogen-bond donors (Lipinski definition) is 3. The molecule has 2 aromatic carbocycles. The van der Waals surface area contributed by atoms with Crippen LogP contribution in [0.4, 0.5) is 5.69 Å². The van der Waals surface area contributed by atoms with Crippen molar-refractivity contribution in [2.75, 3.05) is 25.6 Å². The molecule has 0 fully saturated rings. The summed E-state index contributed by atoms with van der Waals surface area (Å²) in [5.74, 6) is 1.91. The van der Waals surface area contributed by atoms with Gasteiger partial charge in [0.15, 0.2) is 0 Å². The molecule has 0 radical (unpaired) electrons. The molecule has 1 amide bonds. The minimum Gasteiger partial charge on any atom is -0.493 e. The Morgan fingerprint density at radius 2 is 1.94 bits per heavy atom. The number of nitrogens with zero attached hydrogens (tertiary/aromatic N) is 1. The van der Waals surface area contributed by atoms with Gasteiger partial charge in [0, 0.05) is 18.2 Å². The van der Waals surface area contributed by atoms with Crippen molar-refractivity contribution in [1.82, 2.24) is 9.55 Å². The van der Waals surface area contributed by atoms with Crippen LogP contribution in [0.1, 0.15) is 25.5 Å². The largest absolute Gasteiger partial charge is 0.493 e. The maximum atomic E-state index is 13.2. The summed E-state index contributed by atoms with van der Waals surface area (Å²) in [5, 5.41) is 13.9. The number of aromatic amines is 1. The molecule has 0 aliphatic heterocycles. The molecule has 1 atom stereocenters. The van der Waals surface area contributed by atoms with E-state index < -0.39 is 17.6 Å². The highest BCUT2D eigenvalue weighted by Crippen LogP contribution is 2.32. The number of aromatic nitrogens is 2. The lowest BCUT2D eigenvalue weighted by atomic mass is 10.0. The number of carbonyl (C=O) groups excluding carboxylic acids is 1. The summed E-state index contributed by atoms with van der Waals surface area (Å²) in [6.07, 6.45) is 5.38. The maximum absolute atomic E-state index is 13.2. The van der Waals surface area contributed by atoms with Crippen molar-refractivity contribution >= 4 is 23.2 Å². The van der Waals surface area contributed by atoms with E-state index in [-0.39, 0.29) is 22.5 Å². The Kier molecular flexibility index (Phi) is 8.05. The second-order valence-corrected chi connectivity index (χ2v) is 8.29. The van der Waals surface area contributed by atoms with Crippen molar-refractivity contribution < 1.29 is 19.4 Å². The van der Waals surface area contributed by atoms with Crippen LogP contribution in [0.15, 0.2) is 47.3 Å². The summed E-state index contributed by atoms with van der Waals surface area (Å²) in [4.78, 5) is 28.6. The molecule has 0 aliphatic carbocycles. The first-order valence-corrected chi connectivity index (χ1v) is 11.0. The predicted octanol–water partition coefficient (Wildman–Crippen LogP) is 4.04. The van der Waals surface area contributed by atoms with Gasteiger partial charge in [-0.3, -0.25) is 4.79 Å². The van der Waals surface area contributed by atoms with E-state index in [9.17, 15) is 14.7 Å². The minimum atomic E-state index is -1.00. The second-order valence-electron chi connectivity index (χ2n) is 7.88. The molecule has 0 unspecified atom stereocenters. The van der Waals surface area contributed by atoms with E-state index in [2.05, 4.69) is 16.2 Å². The number of methoxy groups -OCH3 is 1. The average Bonchev–Trinajstić information content (AvgIpc) is 3.10. The van der Waals surface area contributed by atoms with Crippen LogP contribution in [-0.2, 0) is 9.53 Å². The molecule has 8 nitrogen and oxygen atoms in total. The number of terminal acetylenes is 1. The minimum absolute atomic E-state index is 0.197. The van der Waals surface area contributed by atoms with Crippen LogP contribution >= 0.6 is 11.6 Å². The van der Waals surface area contributed by atoms with Crippen LogP contribution < -0.4 is 15.7 Å². The number of hydrogen-bond acceptors (Lipinski definition) is 5. The maximum Gasteiger partial charge on any atom is 0.329 e. The number of anilines is 1. The molecule has 178 valence electrons. The Balaban J connectivity index is 1.89. The third-order valence-electron chi connectivity index (χ3n) is 5.17. The molecule has 3 rings (SSSR count). The Bertz CT molecular complexity index is 1260. The van der Waals surface area contributed by atoms with Gasteiger partial charge in [0.1, 0.15) is 24.1 Å². The van der Waals surface area contributed by atoms with E-state index in [4.69, 9.17) is 27.5 Å². The van der Waals surface area contributed by atoms with Crippen LogP contribution in [0.3, 0.4) is 0 Å². The monoisotopic (exact) mass is 483 g/mol. The third kappa shape index (κ3) is 5.45. The fraction of sp³-hybridized carbons (Fsp3) is 0.280. The molecule has 0 saturated heterocycles. The van der Waals surface area contributed by atoms with E-state index in [1.165, 1.54) is 0 Å². The lowest BCUT2D eigenvalue weighted by Crippen LogP contribution is -2.35. The van der Waals surface area contributed by atoms with Gasteiger partial charge in [-0.15, -0.1) is 6.42 Å². The molecule has 9 heteroatoms. The van der Waals surface area contributed by atoms with Gasteiger partial charge in [0.2, 0.25) is 11.8 Å². The Morgan fingerprint density at radius 1 is 1.24 bits per heavy atom. The van der Waals surface area contributed by atoms with Gasteiger partial charge in [0.25, 0.3) is 0 Å². The van der Waals surface area contributed by atoms with Crippen LogP contribution in [0.5, 0.6) is 11.6 Å². The smallest absolute Gasteiger partial charge is 0.329 e. The number of aromatic hydroxyl groups is 1. The molecule has 0 saturated carbocycles. The summed E-state index contributed by atoms with van der Waals surface area (Å²) < 4.78 is 11.5. The topological polar surface area (TPSA) is 106 Å². The first-order valence-electron chi connectivity index (χ1n) is 10.6. The standard InChI is InChI=1S/C25H26ClN3O5/c1-5-16-6-11-20(19(26)14-16)27-23(30)22(15(2)3)29-24(31)21(28-25(29)32)17-7-9-18(10-8-17)34-13-12-33-4/h1,6-11,14-15,22,31H,12-13H2,2-4H3,(H,27,30)(H,28,32)/t22-/m0/s1. The van der Waals surface area contributed by atoms with Gasteiger partial charge < -0.3 is 24.9 Å². The van der Waals surface area contributed by atoms with Gasteiger partial charge in [-0.1, -0.05) is 31.4 Å². The number of nitrogens with one attached hydrogen (secondary N) is 2. The normalized spacial score (nSPS) is 11.8. The van der Waals surface area contributed by atoms with Crippen LogP contribution in [-0.4, -0.2) is 40.9 Å². The summed E-state index contributed by atoms with van der Waals surface area (Å²) >= 11 is 6.23. The van der Waals surface area contributed by atoms with Crippen molar-refractivity contribution in [2.24, 2.45) is 5.92 Å². The third-order valence-corrected chi connectivity index (χ3v) is 5.49. The van der Waals surface area contributed by atoms with Crippen molar-refractivity contribution in [3.8, 4) is 35.2 Å². The number of benzene rings is 2. The predicted molar refractivity (Wildman–Crippen MR) is 131 cm³/mol. The number of halogens is 1. The SMILES string of the molecule is C#Cc1ccc(NC(=O)[C@H](C(C)C)n2c(O)c(-c3ccc(OCCOC)cc3)[nH]c2=O)c(Cl)c1. The lowest BCUT2D eigenvalue weighted by Gasteiger charge is -2.22. The zero-order valence-corrected chi connectivity index (χ0v) is 19.8. The molecule has 0 bridgehead atoms. The number of amides is 1. The Labute approximate surface area is 202 Å². The zero-order valence-electron chi connectivity index (χ0n) is 19.1. The molecule has 3 N–H and O–H groups in total. The van der Waals surface area contributed by atoms with Crippen molar-refractivity contribution in [3.63, 3.8) is 0 Å². The van der Waals surface area contributed by atoms with Crippen molar-refractivity contribution in [3.05, 3.63) is 63.5 Å². The number of carbonyl (C=O) groups is 1. The lowest BCUT2D eigenvalue weighted by molar-refractivity contribution is -0.120. The van der Waals surface area contributed by atoms with E-state index >= 15 is 0 Å². The van der Waals surface area contributed by atoms with Crippen LogP contribution in [0.2, 0.25) is 5.02 Å². The molecular formula is C25H26ClN3O5. The van der Waals surface area contributed by atoms with E-state index in [0.29, 0.717) is 35.8 Å². The first kappa shape index (κ1) is 25.0. The van der Waals surface area contributed by atoms with Gasteiger partial charge in [0.05, 0.1) is 17.3 Å². The second kappa shape index (κ2) is 11.0. The quantitative estimate of drug-likeness (QED) is 0.314. The molecular weight excluding hydrogens is 458 g/mol. The molecule has 0 spiro atoms. The van der Waals surface area contributed by atoms with E-state index in [0.717, 1.165) is 4.57 Å². The fourth-order valence-electron chi connectivity index (χ4n) is 3.49. The Morgan fingerprint density at radius 3 is 2.53 bits per heavy atom. The highest BCUT2D eigenvalue weighted by atomic mass is 35.5. The highest BCUT2D eigenvalue weighted by molar-refractivity contribution is 6.33.